The van der Waals surface area contributed by atoms with E-state index in [1.165, 1.54) is 0 Å². The maximum Gasteiger partial charge on any atom is 0.363 e. The topological polar surface area (TPSA) is 74.8 Å². The largest absolute Gasteiger partial charge is 0.805 e. The second-order valence-corrected chi connectivity index (χ2v) is 5.26. The first-order chi connectivity index (χ1) is 10.5. The highest BCUT2D eigenvalue weighted by molar-refractivity contribution is 5.78. The lowest BCUT2D eigenvalue weighted by molar-refractivity contribution is -0.467. The first-order valence-electron chi connectivity index (χ1n) is 6.79. The number of aromatic nitrogens is 2. The Morgan fingerprint density at radius 1 is 1.09 bits per heavy atom. The number of aryl methyl sites for hydroxylation is 2. The molecule has 1 heterocycles. The normalized spacial score (nSPS) is 10.6. The molecule has 3 rings (SSSR count). The van der Waals surface area contributed by atoms with Crippen LogP contribution in [0.2, 0.25) is 0 Å². The van der Waals surface area contributed by atoms with E-state index in [0.29, 0.717) is 14.7 Å². The molecule has 108 valence electrons. The Kier molecular flexibility index (Phi) is 3.15. The summed E-state index contributed by atoms with van der Waals surface area (Å²) in [6.45, 7) is 3.77. The second-order valence-electron chi connectivity index (χ2n) is 5.26. The zero-order chi connectivity index (χ0) is 15.9. The van der Waals surface area contributed by atoms with E-state index in [9.17, 15) is 15.4 Å². The van der Waals surface area contributed by atoms with E-state index in [1.54, 1.807) is 30.3 Å². The molecular formula is C17H13N3O2. The highest BCUT2D eigenvalue weighted by Crippen LogP contribution is 2.25. The molecule has 0 atom stereocenters. The average molecular weight is 291 g/mol. The molecule has 0 saturated carbocycles. The van der Waals surface area contributed by atoms with Crippen molar-refractivity contribution >= 4 is 11.0 Å². The van der Waals surface area contributed by atoms with Crippen LogP contribution in [-0.4, -0.2) is 4.73 Å². The van der Waals surface area contributed by atoms with Gasteiger partial charge in [-0.25, -0.2) is 0 Å². The lowest BCUT2D eigenvalue weighted by Crippen LogP contribution is -2.24. The first-order valence-corrected chi connectivity index (χ1v) is 6.79. The quantitative estimate of drug-likeness (QED) is 0.647. The van der Waals surface area contributed by atoms with Crippen LogP contribution in [0, 0.1) is 35.3 Å². The molecule has 22 heavy (non-hydrogen) atoms. The van der Waals surface area contributed by atoms with E-state index < -0.39 is 0 Å². The Labute approximate surface area is 126 Å². The molecule has 2 aromatic carbocycles. The number of hydrogen-bond donors (Lipinski definition) is 0. The lowest BCUT2D eigenvalue weighted by Gasteiger charge is -2.18. The average Bonchev–Trinajstić information content (AvgIpc) is 2.51. The molecule has 0 radical (unpaired) electrons. The van der Waals surface area contributed by atoms with E-state index in [2.05, 4.69) is 0 Å². The van der Waals surface area contributed by atoms with Crippen LogP contribution < -0.4 is 4.43 Å². The van der Waals surface area contributed by atoms with E-state index in [0.717, 1.165) is 11.1 Å². The molecule has 1 aromatic heterocycles. The molecule has 0 spiro atoms. The summed E-state index contributed by atoms with van der Waals surface area (Å²) in [6.07, 6.45) is 0. The number of rotatable bonds is 1. The monoisotopic (exact) mass is 291 g/mol. The van der Waals surface area contributed by atoms with Crippen LogP contribution in [0.25, 0.3) is 22.3 Å². The standard InChI is InChI=1S/C17H13N3O2/c1-11-3-6-13(7-4-11)17-16(10-18)19(21)14-8-5-12(2)9-15(14)20(17)22/h3-9H,1-2H3. The fourth-order valence-electron chi connectivity index (χ4n) is 2.46. The summed E-state index contributed by atoms with van der Waals surface area (Å²) in [4.78, 5) is 12.4. The minimum absolute atomic E-state index is 0.0793. The zero-order valence-corrected chi connectivity index (χ0v) is 12.2. The van der Waals surface area contributed by atoms with Crippen molar-refractivity contribution in [3.05, 3.63) is 69.4 Å². The van der Waals surface area contributed by atoms with Crippen molar-refractivity contribution in [1.29, 1.82) is 5.26 Å². The van der Waals surface area contributed by atoms with Crippen LogP contribution in [0.4, 0.5) is 0 Å². The van der Waals surface area contributed by atoms with E-state index >= 15 is 0 Å². The van der Waals surface area contributed by atoms with Gasteiger partial charge in [0.1, 0.15) is 11.2 Å². The molecule has 0 N–H and O–H groups in total. The van der Waals surface area contributed by atoms with Crippen LogP contribution in [0.1, 0.15) is 16.8 Å². The Morgan fingerprint density at radius 2 is 1.73 bits per heavy atom. The van der Waals surface area contributed by atoms with Crippen molar-refractivity contribution in [2.24, 2.45) is 0 Å². The van der Waals surface area contributed by atoms with Gasteiger partial charge in [0.05, 0.1) is 4.43 Å². The van der Waals surface area contributed by atoms with Gasteiger partial charge >= 0.3 is 5.69 Å². The van der Waals surface area contributed by atoms with Crippen LogP contribution in [0.15, 0.2) is 42.5 Å². The van der Waals surface area contributed by atoms with Gasteiger partial charge in [-0.05, 0) is 25.5 Å². The lowest BCUT2D eigenvalue weighted by atomic mass is 10.1. The van der Waals surface area contributed by atoms with Gasteiger partial charge in [-0.1, -0.05) is 35.9 Å². The van der Waals surface area contributed by atoms with Crippen LogP contribution in [0.3, 0.4) is 0 Å². The zero-order valence-electron chi connectivity index (χ0n) is 12.2. The summed E-state index contributed by atoms with van der Waals surface area (Å²) < 4.78 is 1.19. The number of benzene rings is 2. The van der Waals surface area contributed by atoms with Crippen molar-refractivity contribution < 1.29 is 4.43 Å². The van der Waals surface area contributed by atoms with Gasteiger partial charge in [-0.15, -0.1) is 0 Å². The molecular weight excluding hydrogens is 278 g/mol. The maximum atomic E-state index is 12.7. The molecule has 5 nitrogen and oxygen atoms in total. The SMILES string of the molecule is Cc1ccc(-c2c(C#N)[n+](=O)c3ccc(C)cc3n2[O-])cc1. The van der Waals surface area contributed by atoms with Crippen LogP contribution in [0.5, 0.6) is 0 Å². The predicted octanol–water partition coefficient (Wildman–Crippen LogP) is 3.06. The van der Waals surface area contributed by atoms with Gasteiger partial charge in [0.15, 0.2) is 6.07 Å². The Bertz CT molecular complexity index is 980. The number of nitriles is 1. The molecule has 0 fully saturated rings. The highest BCUT2D eigenvalue weighted by Gasteiger charge is 2.23. The van der Waals surface area contributed by atoms with Crippen molar-refractivity contribution in [3.63, 3.8) is 0 Å². The summed E-state index contributed by atoms with van der Waals surface area (Å²) in [5, 5.41) is 22.0. The minimum atomic E-state index is -0.199. The smallest absolute Gasteiger partial charge is 0.363 e. The molecule has 0 unspecified atom stereocenters. The van der Waals surface area contributed by atoms with Crippen molar-refractivity contribution in [2.75, 3.05) is 0 Å². The van der Waals surface area contributed by atoms with E-state index in [1.807, 2.05) is 32.0 Å². The Hall–Kier alpha value is -3.13. The molecule has 0 saturated heterocycles. The molecule has 0 bridgehead atoms. The predicted molar refractivity (Wildman–Crippen MR) is 83.7 cm³/mol. The van der Waals surface area contributed by atoms with E-state index in [-0.39, 0.29) is 22.4 Å². The minimum Gasteiger partial charge on any atom is -0.805 e. The van der Waals surface area contributed by atoms with Crippen molar-refractivity contribution in [1.82, 2.24) is 4.73 Å². The molecule has 0 aliphatic carbocycles. The Morgan fingerprint density at radius 3 is 2.36 bits per heavy atom. The van der Waals surface area contributed by atoms with Gasteiger partial charge < -0.3 is 9.94 Å². The molecule has 5 heteroatoms. The summed E-state index contributed by atoms with van der Waals surface area (Å²) in [6, 6.07) is 14.0. The summed E-state index contributed by atoms with van der Waals surface area (Å²) >= 11 is 0. The third kappa shape index (κ3) is 2.02. The summed E-state index contributed by atoms with van der Waals surface area (Å²) in [5.74, 6) is 0. The second kappa shape index (κ2) is 5.01. The molecule has 0 amide bonds. The first kappa shape index (κ1) is 13.8. The van der Waals surface area contributed by atoms with Gasteiger partial charge in [0, 0.05) is 16.5 Å². The number of nitrogens with zero attached hydrogens (tertiary/aromatic N) is 3. The highest BCUT2D eigenvalue weighted by atomic mass is 16.5. The van der Waals surface area contributed by atoms with Crippen molar-refractivity contribution in [3.8, 4) is 17.3 Å². The van der Waals surface area contributed by atoms with Gasteiger partial charge in [-0.3, -0.25) is 0 Å². The number of fused-ring (bicyclic) bond motifs is 1. The molecule has 0 aliphatic heterocycles. The fraction of sp³-hybridized carbons (Fsp3) is 0.118. The van der Waals surface area contributed by atoms with Crippen LogP contribution >= 0.6 is 0 Å². The van der Waals surface area contributed by atoms with Gasteiger partial charge in [-0.2, -0.15) is 5.26 Å². The molecule has 0 aliphatic rings. The van der Waals surface area contributed by atoms with Gasteiger partial charge in [0.2, 0.25) is 0 Å². The Balaban J connectivity index is 2.48. The third-order valence-electron chi connectivity index (χ3n) is 3.63. The van der Waals surface area contributed by atoms with Crippen molar-refractivity contribution in [2.45, 2.75) is 13.8 Å². The third-order valence-corrected chi connectivity index (χ3v) is 3.63. The van der Waals surface area contributed by atoms with Crippen LogP contribution in [-0.2, 0) is 0 Å². The molecule has 3 aromatic rings. The number of hydrogen-bond acceptors (Lipinski definition) is 3. The van der Waals surface area contributed by atoms with Gasteiger partial charge in [0.25, 0.3) is 5.52 Å². The van der Waals surface area contributed by atoms with E-state index in [4.69, 9.17) is 0 Å². The fourth-order valence-corrected chi connectivity index (χ4v) is 2.46. The summed E-state index contributed by atoms with van der Waals surface area (Å²) in [5.41, 5.74) is 2.77. The summed E-state index contributed by atoms with van der Waals surface area (Å²) in [7, 11) is 0. The maximum absolute atomic E-state index is 12.7.